The van der Waals surface area contributed by atoms with Gasteiger partial charge in [0.1, 0.15) is 0 Å². The number of aryl methyl sites for hydroxylation is 1. The molecular formula is C22H26O3. The summed E-state index contributed by atoms with van der Waals surface area (Å²) >= 11 is 0. The molecule has 0 spiro atoms. The molecule has 0 unspecified atom stereocenters. The fourth-order valence-electron chi connectivity index (χ4n) is 2.91. The molecular weight excluding hydrogens is 312 g/mol. The lowest BCUT2D eigenvalue weighted by Crippen LogP contribution is -2.12. The van der Waals surface area contributed by atoms with Crippen molar-refractivity contribution in [3.63, 3.8) is 0 Å². The minimum atomic E-state index is -1.42. The third-order valence-electron chi connectivity index (χ3n) is 4.45. The largest absolute Gasteiger partial charge is 0.475 e. The summed E-state index contributed by atoms with van der Waals surface area (Å²) in [7, 11) is 0. The topological polar surface area (TPSA) is 54.4 Å². The molecule has 0 atom stereocenters. The van der Waals surface area contributed by atoms with E-state index >= 15 is 0 Å². The molecule has 2 rings (SSSR count). The Morgan fingerprint density at radius 3 is 1.84 bits per heavy atom. The highest BCUT2D eigenvalue weighted by Gasteiger charge is 2.13. The second-order valence-corrected chi connectivity index (χ2v) is 6.43. The maximum atomic E-state index is 11.4. The second-order valence-electron chi connectivity index (χ2n) is 6.43. The van der Waals surface area contributed by atoms with Crippen LogP contribution >= 0.6 is 0 Å². The third kappa shape index (κ3) is 5.86. The average Bonchev–Trinajstić information content (AvgIpc) is 2.64. The van der Waals surface area contributed by atoms with E-state index in [9.17, 15) is 9.59 Å². The van der Waals surface area contributed by atoms with E-state index < -0.39 is 11.8 Å². The summed E-state index contributed by atoms with van der Waals surface area (Å²) in [6.45, 7) is 2.24. The van der Waals surface area contributed by atoms with E-state index in [1.54, 1.807) is 24.3 Å². The zero-order valence-electron chi connectivity index (χ0n) is 14.8. The quantitative estimate of drug-likeness (QED) is 0.352. The Balaban J connectivity index is 1.89. The molecule has 0 fully saturated rings. The molecule has 0 heterocycles. The smallest absolute Gasteiger partial charge is 0.377 e. The number of hydrogen-bond donors (Lipinski definition) is 1. The standard InChI is InChI=1S/C22H26O3/c1-2-3-4-5-6-7-8-17-9-11-18(12-10-17)19-13-15-20(16-14-19)21(23)22(24)25/h9-16H,2-8H2,1H3,(H,24,25). The number of carbonyl (C=O) groups is 2. The van der Waals surface area contributed by atoms with Crippen LogP contribution in [0.1, 0.15) is 61.4 Å². The van der Waals surface area contributed by atoms with Gasteiger partial charge in [-0.15, -0.1) is 0 Å². The Morgan fingerprint density at radius 2 is 1.28 bits per heavy atom. The monoisotopic (exact) mass is 338 g/mol. The van der Waals surface area contributed by atoms with Crippen LogP contribution in [-0.4, -0.2) is 16.9 Å². The van der Waals surface area contributed by atoms with Crippen molar-refractivity contribution in [2.24, 2.45) is 0 Å². The number of benzene rings is 2. The lowest BCUT2D eigenvalue weighted by atomic mass is 9.99. The Hall–Kier alpha value is -2.42. The maximum Gasteiger partial charge on any atom is 0.377 e. The van der Waals surface area contributed by atoms with Crippen molar-refractivity contribution in [1.82, 2.24) is 0 Å². The number of carbonyl (C=O) groups excluding carboxylic acids is 1. The van der Waals surface area contributed by atoms with Gasteiger partial charge in [0.15, 0.2) is 0 Å². The van der Waals surface area contributed by atoms with Gasteiger partial charge in [0, 0.05) is 5.56 Å². The highest BCUT2D eigenvalue weighted by Crippen LogP contribution is 2.21. The van der Waals surface area contributed by atoms with Crippen LogP contribution in [-0.2, 0) is 11.2 Å². The summed E-state index contributed by atoms with van der Waals surface area (Å²) < 4.78 is 0. The fraction of sp³-hybridized carbons (Fsp3) is 0.364. The molecule has 2 aromatic carbocycles. The number of carboxylic acid groups (broad SMARTS) is 1. The molecule has 0 aliphatic rings. The first-order valence-electron chi connectivity index (χ1n) is 9.09. The Labute approximate surface area is 149 Å². The summed E-state index contributed by atoms with van der Waals surface area (Å²) in [6.07, 6.45) is 8.93. The van der Waals surface area contributed by atoms with Crippen molar-refractivity contribution in [1.29, 1.82) is 0 Å². The molecule has 0 radical (unpaired) electrons. The van der Waals surface area contributed by atoms with E-state index in [1.807, 2.05) is 0 Å². The lowest BCUT2D eigenvalue weighted by molar-refractivity contribution is -0.131. The first-order chi connectivity index (χ1) is 12.1. The van der Waals surface area contributed by atoms with Crippen LogP contribution in [0.5, 0.6) is 0 Å². The SMILES string of the molecule is CCCCCCCCc1ccc(-c2ccc(C(=O)C(=O)O)cc2)cc1. The molecule has 0 aliphatic carbocycles. The van der Waals surface area contributed by atoms with Crippen molar-refractivity contribution in [3.8, 4) is 11.1 Å². The van der Waals surface area contributed by atoms with Crippen LogP contribution in [0.3, 0.4) is 0 Å². The molecule has 3 nitrogen and oxygen atoms in total. The molecule has 0 amide bonds. The number of ketones is 1. The third-order valence-corrected chi connectivity index (χ3v) is 4.45. The Morgan fingerprint density at radius 1 is 0.760 bits per heavy atom. The van der Waals surface area contributed by atoms with Crippen molar-refractivity contribution in [3.05, 3.63) is 59.7 Å². The Bertz CT molecular complexity index is 684. The number of carboxylic acids is 1. The predicted octanol–water partition coefficient (Wildman–Crippen LogP) is 5.52. The van der Waals surface area contributed by atoms with Gasteiger partial charge in [0.05, 0.1) is 0 Å². The van der Waals surface area contributed by atoms with Crippen LogP contribution in [0, 0.1) is 0 Å². The fourth-order valence-corrected chi connectivity index (χ4v) is 2.91. The zero-order valence-corrected chi connectivity index (χ0v) is 14.8. The average molecular weight is 338 g/mol. The first kappa shape index (κ1) is 18.9. The van der Waals surface area contributed by atoms with Gasteiger partial charge in [0.2, 0.25) is 0 Å². The normalized spacial score (nSPS) is 10.6. The van der Waals surface area contributed by atoms with Crippen LogP contribution in [0.2, 0.25) is 0 Å². The molecule has 25 heavy (non-hydrogen) atoms. The van der Waals surface area contributed by atoms with Gasteiger partial charge in [-0.2, -0.15) is 0 Å². The zero-order chi connectivity index (χ0) is 18.1. The van der Waals surface area contributed by atoms with Crippen molar-refractivity contribution >= 4 is 11.8 Å². The van der Waals surface area contributed by atoms with Crippen molar-refractivity contribution in [2.75, 3.05) is 0 Å². The van der Waals surface area contributed by atoms with Gasteiger partial charge in [-0.3, -0.25) is 4.79 Å². The number of aliphatic carboxylic acids is 1. The molecule has 0 saturated heterocycles. The van der Waals surface area contributed by atoms with Gasteiger partial charge in [-0.1, -0.05) is 87.6 Å². The van der Waals surface area contributed by atoms with Crippen LogP contribution < -0.4 is 0 Å². The minimum absolute atomic E-state index is 0.205. The molecule has 3 heteroatoms. The van der Waals surface area contributed by atoms with Gasteiger partial charge in [-0.05, 0) is 29.5 Å². The van der Waals surface area contributed by atoms with E-state index in [0.29, 0.717) is 0 Å². The number of unbranched alkanes of at least 4 members (excludes halogenated alkanes) is 5. The number of hydrogen-bond acceptors (Lipinski definition) is 2. The lowest BCUT2D eigenvalue weighted by Gasteiger charge is -2.06. The highest BCUT2D eigenvalue weighted by molar-refractivity contribution is 6.39. The summed E-state index contributed by atoms with van der Waals surface area (Å²) in [5, 5.41) is 8.73. The minimum Gasteiger partial charge on any atom is -0.475 e. The molecule has 0 bridgehead atoms. The van der Waals surface area contributed by atoms with E-state index in [-0.39, 0.29) is 5.56 Å². The molecule has 2 aromatic rings. The Kier molecular flexibility index (Phi) is 7.39. The molecule has 0 saturated carbocycles. The van der Waals surface area contributed by atoms with E-state index in [1.165, 1.54) is 44.1 Å². The van der Waals surface area contributed by atoms with E-state index in [2.05, 4.69) is 31.2 Å². The predicted molar refractivity (Wildman–Crippen MR) is 101 cm³/mol. The summed E-state index contributed by atoms with van der Waals surface area (Å²) in [5.74, 6) is -2.30. The first-order valence-corrected chi connectivity index (χ1v) is 9.09. The maximum absolute atomic E-state index is 11.4. The second kappa shape index (κ2) is 9.77. The van der Waals surface area contributed by atoms with Gasteiger partial charge < -0.3 is 5.11 Å². The van der Waals surface area contributed by atoms with E-state index in [4.69, 9.17) is 5.11 Å². The van der Waals surface area contributed by atoms with Crippen LogP contribution in [0.15, 0.2) is 48.5 Å². The molecule has 132 valence electrons. The number of rotatable bonds is 10. The van der Waals surface area contributed by atoms with Gasteiger partial charge in [-0.25, -0.2) is 4.79 Å². The van der Waals surface area contributed by atoms with Gasteiger partial charge >= 0.3 is 5.97 Å². The summed E-state index contributed by atoms with van der Waals surface area (Å²) in [5.41, 5.74) is 3.60. The van der Waals surface area contributed by atoms with E-state index in [0.717, 1.165) is 17.5 Å². The highest BCUT2D eigenvalue weighted by atomic mass is 16.4. The van der Waals surface area contributed by atoms with Gasteiger partial charge in [0.25, 0.3) is 5.78 Å². The molecule has 1 N–H and O–H groups in total. The summed E-state index contributed by atoms with van der Waals surface area (Å²) in [4.78, 5) is 22.1. The molecule has 0 aliphatic heterocycles. The molecule has 0 aromatic heterocycles. The van der Waals surface area contributed by atoms with Crippen LogP contribution in [0.25, 0.3) is 11.1 Å². The van der Waals surface area contributed by atoms with Crippen molar-refractivity contribution < 1.29 is 14.7 Å². The number of Topliss-reactive ketones (excluding diaryl/α,β-unsaturated/α-hetero) is 1. The summed E-state index contributed by atoms with van der Waals surface area (Å²) in [6, 6.07) is 15.2. The van der Waals surface area contributed by atoms with Crippen molar-refractivity contribution in [2.45, 2.75) is 51.9 Å². The van der Waals surface area contributed by atoms with Crippen LogP contribution in [0.4, 0.5) is 0 Å².